The summed E-state index contributed by atoms with van der Waals surface area (Å²) in [5.74, 6) is -0.867. The van der Waals surface area contributed by atoms with Crippen molar-refractivity contribution in [1.29, 1.82) is 0 Å². The topological polar surface area (TPSA) is 95.9 Å². The van der Waals surface area contributed by atoms with E-state index in [2.05, 4.69) is 5.32 Å². The van der Waals surface area contributed by atoms with Crippen LogP contribution in [0.2, 0.25) is 0 Å². The van der Waals surface area contributed by atoms with Crippen molar-refractivity contribution in [3.05, 3.63) is 65.2 Å². The van der Waals surface area contributed by atoms with Gasteiger partial charge in [0.1, 0.15) is 5.75 Å². The molecule has 154 valence electrons. The average molecular weight is 398 g/mol. The monoisotopic (exact) mass is 398 g/mol. The lowest BCUT2D eigenvalue weighted by Gasteiger charge is -2.21. The number of carboxylic acid groups (broad SMARTS) is 1. The molecule has 0 fully saturated rings. The minimum Gasteiger partial charge on any atom is -0.483 e. The molecule has 29 heavy (non-hydrogen) atoms. The van der Waals surface area contributed by atoms with E-state index in [9.17, 15) is 14.4 Å². The van der Waals surface area contributed by atoms with Crippen LogP contribution in [-0.2, 0) is 16.0 Å². The second-order valence-corrected chi connectivity index (χ2v) is 6.83. The molecule has 0 aliphatic rings. The van der Waals surface area contributed by atoms with Crippen molar-refractivity contribution in [2.24, 2.45) is 0 Å². The first-order valence-corrected chi connectivity index (χ1v) is 9.35. The van der Waals surface area contributed by atoms with Gasteiger partial charge in [0.05, 0.1) is 18.0 Å². The van der Waals surface area contributed by atoms with Gasteiger partial charge >= 0.3 is 5.97 Å². The van der Waals surface area contributed by atoms with E-state index in [1.807, 2.05) is 25.1 Å². The fourth-order valence-electron chi connectivity index (χ4n) is 2.81. The summed E-state index contributed by atoms with van der Waals surface area (Å²) >= 11 is 0. The maximum atomic E-state index is 12.5. The number of hydrogen-bond acceptors (Lipinski definition) is 4. The Balaban J connectivity index is 2.09. The maximum absolute atomic E-state index is 12.5. The Morgan fingerprint density at radius 1 is 1.10 bits per heavy atom. The fraction of sp³-hybridized carbons (Fsp3) is 0.318. The second kappa shape index (κ2) is 10.3. The van der Waals surface area contributed by atoms with Crippen molar-refractivity contribution >= 4 is 17.8 Å². The van der Waals surface area contributed by atoms with Gasteiger partial charge in [0.15, 0.2) is 6.61 Å². The molecule has 0 aliphatic carbocycles. The predicted molar refractivity (Wildman–Crippen MR) is 109 cm³/mol. The zero-order chi connectivity index (χ0) is 21.4. The Hall–Kier alpha value is -3.35. The summed E-state index contributed by atoms with van der Waals surface area (Å²) in [5.41, 5.74) is 1.55. The Bertz CT molecular complexity index is 879. The van der Waals surface area contributed by atoms with Crippen LogP contribution in [0, 0.1) is 0 Å². The highest BCUT2D eigenvalue weighted by molar-refractivity contribution is 5.88. The SMILES string of the molecule is CCC(NC(=O)Cc1cccc(C(=O)O)c1)c1ccccc1OCC(=O)N(C)C. The molecule has 7 heteroatoms. The lowest BCUT2D eigenvalue weighted by atomic mass is 10.0. The van der Waals surface area contributed by atoms with Gasteiger partial charge in [0.2, 0.25) is 5.91 Å². The van der Waals surface area contributed by atoms with Crippen molar-refractivity contribution in [3.8, 4) is 5.75 Å². The lowest BCUT2D eigenvalue weighted by Crippen LogP contribution is -2.31. The predicted octanol–water partition coefficient (Wildman–Crippen LogP) is 2.66. The molecular weight excluding hydrogens is 372 g/mol. The van der Waals surface area contributed by atoms with Crippen LogP contribution in [0.1, 0.15) is 40.9 Å². The largest absolute Gasteiger partial charge is 0.483 e. The highest BCUT2D eigenvalue weighted by atomic mass is 16.5. The summed E-state index contributed by atoms with van der Waals surface area (Å²) in [6.45, 7) is 1.86. The molecule has 1 unspecified atom stereocenters. The number of aromatic carboxylic acids is 1. The number of carboxylic acids is 1. The van der Waals surface area contributed by atoms with Crippen LogP contribution in [0.4, 0.5) is 0 Å². The van der Waals surface area contributed by atoms with Gasteiger partial charge in [-0.05, 0) is 30.2 Å². The zero-order valence-corrected chi connectivity index (χ0v) is 16.8. The summed E-state index contributed by atoms with van der Waals surface area (Å²) in [5, 5.41) is 12.1. The summed E-state index contributed by atoms with van der Waals surface area (Å²) in [6, 6.07) is 13.3. The van der Waals surface area contributed by atoms with Gasteiger partial charge < -0.3 is 20.1 Å². The number of ether oxygens (including phenoxy) is 1. The number of hydrogen-bond donors (Lipinski definition) is 2. The Kier molecular flexibility index (Phi) is 7.77. The number of para-hydroxylation sites is 1. The number of likely N-dealkylation sites (N-methyl/N-ethyl adjacent to an activating group) is 1. The van der Waals surface area contributed by atoms with E-state index in [1.165, 1.54) is 17.0 Å². The van der Waals surface area contributed by atoms with Crippen LogP contribution in [0.5, 0.6) is 5.75 Å². The maximum Gasteiger partial charge on any atom is 0.335 e. The molecule has 0 aliphatic heterocycles. The standard InChI is InChI=1S/C22H26N2O5/c1-4-18(17-10-5-6-11-19(17)29-14-21(26)24(2)3)23-20(25)13-15-8-7-9-16(12-15)22(27)28/h5-12,18H,4,13-14H2,1-3H3,(H,23,25)(H,27,28). The summed E-state index contributed by atoms with van der Waals surface area (Å²) in [4.78, 5) is 36.9. The van der Waals surface area contributed by atoms with E-state index in [0.717, 1.165) is 5.56 Å². The zero-order valence-electron chi connectivity index (χ0n) is 16.8. The molecule has 0 heterocycles. The van der Waals surface area contributed by atoms with Crippen molar-refractivity contribution in [1.82, 2.24) is 10.2 Å². The third-order valence-corrected chi connectivity index (χ3v) is 4.43. The Morgan fingerprint density at radius 2 is 1.83 bits per heavy atom. The van der Waals surface area contributed by atoms with E-state index in [0.29, 0.717) is 17.7 Å². The van der Waals surface area contributed by atoms with E-state index in [1.54, 1.807) is 32.3 Å². The Labute approximate surface area is 170 Å². The molecule has 2 amide bonds. The first-order valence-electron chi connectivity index (χ1n) is 9.35. The molecular formula is C22H26N2O5. The van der Waals surface area contributed by atoms with Gasteiger partial charge in [-0.2, -0.15) is 0 Å². The van der Waals surface area contributed by atoms with Crippen molar-refractivity contribution in [2.75, 3.05) is 20.7 Å². The Morgan fingerprint density at radius 3 is 2.48 bits per heavy atom. The first-order chi connectivity index (χ1) is 13.8. The number of nitrogens with zero attached hydrogens (tertiary/aromatic N) is 1. The van der Waals surface area contributed by atoms with Crippen LogP contribution in [0.25, 0.3) is 0 Å². The highest BCUT2D eigenvalue weighted by Gasteiger charge is 2.18. The van der Waals surface area contributed by atoms with Gasteiger partial charge in [0.25, 0.3) is 5.91 Å². The van der Waals surface area contributed by atoms with Gasteiger partial charge in [-0.1, -0.05) is 37.3 Å². The molecule has 2 aromatic rings. The van der Waals surface area contributed by atoms with Crippen molar-refractivity contribution < 1.29 is 24.2 Å². The molecule has 2 aromatic carbocycles. The minimum absolute atomic E-state index is 0.0692. The third kappa shape index (κ3) is 6.34. The number of amides is 2. The molecule has 0 bridgehead atoms. The van der Waals surface area contributed by atoms with E-state index < -0.39 is 5.97 Å². The second-order valence-electron chi connectivity index (χ2n) is 6.83. The number of nitrogens with one attached hydrogen (secondary N) is 1. The molecule has 0 saturated carbocycles. The number of carbonyl (C=O) groups is 3. The summed E-state index contributed by atoms with van der Waals surface area (Å²) in [7, 11) is 3.32. The molecule has 2 N–H and O–H groups in total. The van der Waals surface area contributed by atoms with Crippen molar-refractivity contribution in [2.45, 2.75) is 25.8 Å². The number of rotatable bonds is 9. The molecule has 7 nitrogen and oxygen atoms in total. The van der Waals surface area contributed by atoms with Crippen LogP contribution < -0.4 is 10.1 Å². The normalized spacial score (nSPS) is 11.4. The summed E-state index contributed by atoms with van der Waals surface area (Å²) in [6.07, 6.45) is 0.697. The van der Waals surface area contributed by atoms with Gasteiger partial charge in [0, 0.05) is 19.7 Å². The minimum atomic E-state index is -1.03. The quantitative estimate of drug-likeness (QED) is 0.677. The smallest absolute Gasteiger partial charge is 0.335 e. The van der Waals surface area contributed by atoms with Crippen LogP contribution in [0.15, 0.2) is 48.5 Å². The molecule has 0 radical (unpaired) electrons. The number of carbonyl (C=O) groups excluding carboxylic acids is 2. The molecule has 0 spiro atoms. The van der Waals surface area contributed by atoms with Gasteiger partial charge in [-0.15, -0.1) is 0 Å². The van der Waals surface area contributed by atoms with Gasteiger partial charge in [-0.25, -0.2) is 4.79 Å². The molecule has 1 atom stereocenters. The molecule has 2 rings (SSSR count). The average Bonchev–Trinajstić information content (AvgIpc) is 2.70. The van der Waals surface area contributed by atoms with E-state index in [-0.39, 0.29) is 36.4 Å². The lowest BCUT2D eigenvalue weighted by molar-refractivity contribution is -0.130. The van der Waals surface area contributed by atoms with Gasteiger partial charge in [-0.3, -0.25) is 9.59 Å². The van der Waals surface area contributed by atoms with Crippen LogP contribution >= 0.6 is 0 Å². The van der Waals surface area contributed by atoms with Crippen molar-refractivity contribution in [3.63, 3.8) is 0 Å². The summed E-state index contributed by atoms with van der Waals surface area (Å²) < 4.78 is 5.68. The molecule has 0 aromatic heterocycles. The van der Waals surface area contributed by atoms with E-state index >= 15 is 0 Å². The third-order valence-electron chi connectivity index (χ3n) is 4.43. The van der Waals surface area contributed by atoms with Crippen LogP contribution in [-0.4, -0.2) is 48.5 Å². The van der Waals surface area contributed by atoms with Crippen LogP contribution in [0.3, 0.4) is 0 Å². The highest BCUT2D eigenvalue weighted by Crippen LogP contribution is 2.27. The number of benzene rings is 2. The van der Waals surface area contributed by atoms with E-state index in [4.69, 9.17) is 9.84 Å². The molecule has 0 saturated heterocycles. The fourth-order valence-corrected chi connectivity index (χ4v) is 2.81. The first kappa shape index (κ1) is 21.9.